The molecule has 0 atom stereocenters. The highest BCUT2D eigenvalue weighted by Gasteiger charge is 2.44. The SMILES string of the molecule is COc1cccc(NC(=O)CN(C)CC(=O)Nc2ccc3c(c2)OC2(CCCC2)O3)c1. The second-order valence-corrected chi connectivity index (χ2v) is 7.98. The van der Waals surface area contributed by atoms with E-state index in [1.807, 2.05) is 6.07 Å². The number of hydrogen-bond donors (Lipinski definition) is 2. The molecule has 2 aliphatic rings. The molecular weight excluding hydrogens is 398 g/mol. The molecule has 2 N–H and O–H groups in total. The maximum absolute atomic E-state index is 12.4. The van der Waals surface area contributed by atoms with Crippen LogP contribution in [-0.4, -0.2) is 49.7 Å². The van der Waals surface area contributed by atoms with E-state index in [9.17, 15) is 9.59 Å². The highest BCUT2D eigenvalue weighted by molar-refractivity contribution is 5.95. The molecule has 1 aliphatic heterocycles. The fourth-order valence-electron chi connectivity index (χ4n) is 3.94. The predicted molar refractivity (Wildman–Crippen MR) is 117 cm³/mol. The van der Waals surface area contributed by atoms with Crippen molar-refractivity contribution in [3.05, 3.63) is 42.5 Å². The average molecular weight is 425 g/mol. The van der Waals surface area contributed by atoms with Crippen molar-refractivity contribution in [1.29, 1.82) is 0 Å². The van der Waals surface area contributed by atoms with Crippen molar-refractivity contribution in [3.63, 3.8) is 0 Å². The summed E-state index contributed by atoms with van der Waals surface area (Å²) < 4.78 is 17.2. The van der Waals surface area contributed by atoms with Crippen molar-refractivity contribution in [1.82, 2.24) is 4.90 Å². The van der Waals surface area contributed by atoms with Gasteiger partial charge in [-0.2, -0.15) is 0 Å². The van der Waals surface area contributed by atoms with Gasteiger partial charge in [0.15, 0.2) is 11.5 Å². The van der Waals surface area contributed by atoms with Crippen LogP contribution in [0.5, 0.6) is 17.2 Å². The summed E-state index contributed by atoms with van der Waals surface area (Å²) >= 11 is 0. The average Bonchev–Trinajstić information content (AvgIpc) is 3.33. The van der Waals surface area contributed by atoms with E-state index in [-0.39, 0.29) is 24.9 Å². The Labute approximate surface area is 181 Å². The van der Waals surface area contributed by atoms with E-state index < -0.39 is 5.79 Å². The summed E-state index contributed by atoms with van der Waals surface area (Å²) in [4.78, 5) is 26.3. The summed E-state index contributed by atoms with van der Waals surface area (Å²) in [5.74, 6) is 1.08. The van der Waals surface area contributed by atoms with Crippen LogP contribution in [0.2, 0.25) is 0 Å². The van der Waals surface area contributed by atoms with Crippen LogP contribution in [-0.2, 0) is 9.59 Å². The van der Waals surface area contributed by atoms with E-state index in [1.165, 1.54) is 0 Å². The lowest BCUT2D eigenvalue weighted by Gasteiger charge is -2.21. The van der Waals surface area contributed by atoms with Crippen molar-refractivity contribution < 1.29 is 23.8 Å². The number of carbonyl (C=O) groups excluding carboxylic acids is 2. The van der Waals surface area contributed by atoms with Crippen LogP contribution in [0, 0.1) is 0 Å². The molecule has 1 fully saturated rings. The highest BCUT2D eigenvalue weighted by Crippen LogP contribution is 2.47. The summed E-state index contributed by atoms with van der Waals surface area (Å²) in [7, 11) is 3.29. The zero-order valence-electron chi connectivity index (χ0n) is 17.8. The van der Waals surface area contributed by atoms with Gasteiger partial charge in [-0.1, -0.05) is 6.07 Å². The molecule has 0 unspecified atom stereocenters. The summed E-state index contributed by atoms with van der Waals surface area (Å²) in [6.07, 6.45) is 3.95. The van der Waals surface area contributed by atoms with E-state index in [0.717, 1.165) is 25.7 Å². The Balaban J connectivity index is 1.26. The molecule has 8 heteroatoms. The molecule has 1 saturated carbocycles. The quantitative estimate of drug-likeness (QED) is 0.708. The lowest BCUT2D eigenvalue weighted by atomic mass is 10.2. The van der Waals surface area contributed by atoms with Gasteiger partial charge >= 0.3 is 0 Å². The minimum atomic E-state index is -0.526. The van der Waals surface area contributed by atoms with Crippen molar-refractivity contribution >= 4 is 23.2 Å². The molecule has 0 saturated heterocycles. The number of nitrogens with one attached hydrogen (secondary N) is 2. The normalized spacial score (nSPS) is 15.8. The molecule has 31 heavy (non-hydrogen) atoms. The van der Waals surface area contributed by atoms with Crippen LogP contribution < -0.4 is 24.8 Å². The minimum absolute atomic E-state index is 0.0733. The van der Waals surface area contributed by atoms with Gasteiger partial charge in [0, 0.05) is 36.3 Å². The molecule has 2 aromatic rings. The Bertz CT molecular complexity index is 971. The van der Waals surface area contributed by atoms with Gasteiger partial charge in [-0.05, 0) is 44.2 Å². The van der Waals surface area contributed by atoms with Crippen LogP contribution >= 0.6 is 0 Å². The standard InChI is InChI=1S/C23H27N3O5/c1-26(14-21(27)24-16-6-5-7-18(12-16)29-2)15-22(28)25-17-8-9-19-20(13-17)31-23(30-19)10-3-4-11-23/h5-9,12-13H,3-4,10-11,14-15H2,1-2H3,(H,24,27)(H,25,28). The predicted octanol–water partition coefficient (Wildman–Crippen LogP) is 3.25. The minimum Gasteiger partial charge on any atom is -0.497 e. The molecule has 1 heterocycles. The molecule has 1 spiro atoms. The molecule has 2 amide bonds. The second-order valence-electron chi connectivity index (χ2n) is 7.98. The third kappa shape index (κ3) is 5.08. The second kappa shape index (κ2) is 8.85. The van der Waals surface area contributed by atoms with E-state index >= 15 is 0 Å². The molecule has 8 nitrogen and oxygen atoms in total. The monoisotopic (exact) mass is 425 g/mol. The first-order valence-electron chi connectivity index (χ1n) is 10.4. The van der Waals surface area contributed by atoms with Gasteiger partial charge in [0.2, 0.25) is 11.8 Å². The van der Waals surface area contributed by atoms with Crippen LogP contribution in [0.4, 0.5) is 11.4 Å². The first-order valence-corrected chi connectivity index (χ1v) is 10.4. The zero-order valence-corrected chi connectivity index (χ0v) is 17.8. The number of nitrogens with zero attached hydrogens (tertiary/aromatic N) is 1. The lowest BCUT2D eigenvalue weighted by molar-refractivity contribution is -0.119. The van der Waals surface area contributed by atoms with Gasteiger partial charge < -0.3 is 24.8 Å². The largest absolute Gasteiger partial charge is 0.497 e. The summed E-state index contributed by atoms with van der Waals surface area (Å²) in [5.41, 5.74) is 1.28. The van der Waals surface area contributed by atoms with Crippen molar-refractivity contribution in [3.8, 4) is 17.2 Å². The number of benzene rings is 2. The number of ether oxygens (including phenoxy) is 3. The van der Waals surface area contributed by atoms with E-state index in [2.05, 4.69) is 10.6 Å². The van der Waals surface area contributed by atoms with Gasteiger partial charge in [-0.15, -0.1) is 0 Å². The Morgan fingerprint density at radius 3 is 2.29 bits per heavy atom. The molecule has 0 bridgehead atoms. The van der Waals surface area contributed by atoms with E-state index in [0.29, 0.717) is 28.6 Å². The van der Waals surface area contributed by atoms with Crippen LogP contribution in [0.1, 0.15) is 25.7 Å². The van der Waals surface area contributed by atoms with Crippen molar-refractivity contribution in [2.75, 3.05) is 37.9 Å². The van der Waals surface area contributed by atoms with E-state index in [4.69, 9.17) is 14.2 Å². The first kappa shape index (κ1) is 21.0. The van der Waals surface area contributed by atoms with Crippen LogP contribution in [0.3, 0.4) is 0 Å². The maximum atomic E-state index is 12.4. The third-order valence-corrected chi connectivity index (χ3v) is 5.37. The van der Waals surface area contributed by atoms with Crippen molar-refractivity contribution in [2.24, 2.45) is 0 Å². The van der Waals surface area contributed by atoms with Gasteiger partial charge in [-0.25, -0.2) is 0 Å². The highest BCUT2D eigenvalue weighted by atomic mass is 16.7. The molecule has 4 rings (SSSR count). The lowest BCUT2D eigenvalue weighted by Crippen LogP contribution is -2.36. The Kier molecular flexibility index (Phi) is 5.99. The third-order valence-electron chi connectivity index (χ3n) is 5.37. The number of likely N-dealkylation sites (N-methyl/N-ethyl adjacent to an activating group) is 1. The van der Waals surface area contributed by atoms with E-state index in [1.54, 1.807) is 55.5 Å². The summed E-state index contributed by atoms with van der Waals surface area (Å²) in [6.45, 7) is 0.151. The Morgan fingerprint density at radius 2 is 1.61 bits per heavy atom. The fourth-order valence-corrected chi connectivity index (χ4v) is 3.94. The number of hydrogen-bond acceptors (Lipinski definition) is 6. The first-order chi connectivity index (χ1) is 14.9. The summed E-state index contributed by atoms with van der Waals surface area (Å²) in [5, 5.41) is 5.65. The zero-order chi connectivity index (χ0) is 21.8. The Hall–Kier alpha value is -3.26. The molecule has 1 aliphatic carbocycles. The van der Waals surface area contributed by atoms with Gasteiger partial charge in [0.25, 0.3) is 5.79 Å². The number of carbonyl (C=O) groups is 2. The van der Waals surface area contributed by atoms with Gasteiger partial charge in [-0.3, -0.25) is 14.5 Å². The topological polar surface area (TPSA) is 89.1 Å². The van der Waals surface area contributed by atoms with Crippen LogP contribution in [0.25, 0.3) is 0 Å². The molecule has 0 radical (unpaired) electrons. The number of amides is 2. The number of methoxy groups -OCH3 is 1. The molecule has 0 aromatic heterocycles. The number of fused-ring (bicyclic) bond motifs is 1. The summed E-state index contributed by atoms with van der Waals surface area (Å²) in [6, 6.07) is 12.5. The molecule has 2 aromatic carbocycles. The molecule has 164 valence electrons. The Morgan fingerprint density at radius 1 is 0.968 bits per heavy atom. The number of anilines is 2. The van der Waals surface area contributed by atoms with Crippen molar-refractivity contribution in [2.45, 2.75) is 31.5 Å². The molecular formula is C23H27N3O5. The smallest absolute Gasteiger partial charge is 0.251 e. The van der Waals surface area contributed by atoms with Gasteiger partial charge in [0.05, 0.1) is 20.2 Å². The fraction of sp³-hybridized carbons (Fsp3) is 0.391. The maximum Gasteiger partial charge on any atom is 0.251 e. The van der Waals surface area contributed by atoms with Gasteiger partial charge in [0.1, 0.15) is 5.75 Å². The van der Waals surface area contributed by atoms with Crippen LogP contribution in [0.15, 0.2) is 42.5 Å². The number of rotatable bonds is 7.